The quantitative estimate of drug-likeness (QED) is 0.787. The minimum Gasteiger partial charge on any atom is -0.316 e. The van der Waals surface area contributed by atoms with Crippen molar-refractivity contribution in [2.24, 2.45) is 5.92 Å². The van der Waals surface area contributed by atoms with E-state index in [0.29, 0.717) is 5.92 Å². The Labute approximate surface area is 97.7 Å². The van der Waals surface area contributed by atoms with Crippen LogP contribution in [0.25, 0.3) is 0 Å². The van der Waals surface area contributed by atoms with Crippen LogP contribution in [0.2, 0.25) is 0 Å². The van der Waals surface area contributed by atoms with Crippen LogP contribution in [-0.2, 0) is 6.42 Å². The molecule has 1 fully saturated rings. The highest BCUT2D eigenvalue weighted by Crippen LogP contribution is 2.14. The Kier molecular flexibility index (Phi) is 6.52. The second-order valence-electron chi connectivity index (χ2n) is 3.55. The van der Waals surface area contributed by atoms with E-state index in [1.165, 1.54) is 18.7 Å². The van der Waals surface area contributed by atoms with Crippen molar-refractivity contribution < 1.29 is 4.39 Å². The van der Waals surface area contributed by atoms with Gasteiger partial charge in [-0.1, -0.05) is 7.43 Å². The van der Waals surface area contributed by atoms with Crippen LogP contribution in [0.15, 0.2) is 18.3 Å². The van der Waals surface area contributed by atoms with Gasteiger partial charge in [-0.2, -0.15) is 17.9 Å². The molecule has 15 heavy (non-hydrogen) atoms. The summed E-state index contributed by atoms with van der Waals surface area (Å²) in [6, 6.07) is 3.42. The predicted octanol–water partition coefficient (Wildman–Crippen LogP) is 2.12. The van der Waals surface area contributed by atoms with Gasteiger partial charge in [0.1, 0.15) is 0 Å². The number of rotatable bonds is 2. The number of halogens is 1. The van der Waals surface area contributed by atoms with Crippen LogP contribution in [0.4, 0.5) is 4.39 Å². The second-order valence-corrected chi connectivity index (χ2v) is 3.55. The Bertz CT molecular complexity index is 288. The topological polar surface area (TPSA) is 24.9 Å². The van der Waals surface area contributed by atoms with Gasteiger partial charge >= 0.3 is 0 Å². The Balaban J connectivity index is 0.000000980. The van der Waals surface area contributed by atoms with Crippen molar-refractivity contribution in [3.63, 3.8) is 0 Å². The third-order valence-electron chi connectivity index (χ3n) is 2.48. The zero-order valence-electron chi connectivity index (χ0n) is 7.96. The molecule has 0 amide bonds. The van der Waals surface area contributed by atoms with Crippen LogP contribution in [-0.4, -0.2) is 18.1 Å². The summed E-state index contributed by atoms with van der Waals surface area (Å²) in [5.74, 6) is 0.297. The molecular weight excluding hydrogens is 211 g/mol. The van der Waals surface area contributed by atoms with Gasteiger partial charge in [0.2, 0.25) is 5.95 Å². The first-order chi connectivity index (χ1) is 6.34. The minimum atomic E-state index is -0.372. The molecule has 1 aliphatic rings. The van der Waals surface area contributed by atoms with Crippen molar-refractivity contribution >= 4 is 13.5 Å². The van der Waals surface area contributed by atoms with Crippen LogP contribution in [0, 0.1) is 11.9 Å². The molecule has 1 aromatic rings. The molecule has 2 nitrogen and oxygen atoms in total. The van der Waals surface area contributed by atoms with Crippen molar-refractivity contribution in [3.05, 3.63) is 29.8 Å². The summed E-state index contributed by atoms with van der Waals surface area (Å²) in [7, 11) is 0. The monoisotopic (exact) mass is 230 g/mol. The fourth-order valence-electron chi connectivity index (χ4n) is 1.79. The van der Waals surface area contributed by atoms with Crippen LogP contribution in [0.5, 0.6) is 0 Å². The Hall–Kier alpha value is -0.610. The highest BCUT2D eigenvalue weighted by atomic mass is 32.1. The van der Waals surface area contributed by atoms with E-state index in [2.05, 4.69) is 10.3 Å². The molecule has 1 N–H and O–H groups in total. The first-order valence-electron chi connectivity index (χ1n) is 4.66. The Morgan fingerprint density at radius 1 is 1.53 bits per heavy atom. The van der Waals surface area contributed by atoms with Gasteiger partial charge < -0.3 is 5.32 Å². The highest BCUT2D eigenvalue weighted by molar-refractivity contribution is 7.59. The molecule has 2 heterocycles. The summed E-state index contributed by atoms with van der Waals surface area (Å²) < 4.78 is 12.7. The molecule has 0 spiro atoms. The van der Waals surface area contributed by atoms with Crippen molar-refractivity contribution in [1.82, 2.24) is 10.3 Å². The summed E-state index contributed by atoms with van der Waals surface area (Å²) in [5.41, 5.74) is 1.06. The highest BCUT2D eigenvalue weighted by Gasteiger charge is 2.14. The maximum Gasteiger partial charge on any atom is 0.213 e. The standard InChI is InChI=1S/C10H13FN2.CH4.H2S/c11-10-6-8(2-4-13-10)5-9-1-3-12-7-9;;/h2,4,6,9,12H,1,3,5,7H2;1H4;1H2. The van der Waals surface area contributed by atoms with Crippen LogP contribution in [0.3, 0.4) is 0 Å². The van der Waals surface area contributed by atoms with E-state index in [0.717, 1.165) is 25.1 Å². The van der Waals surface area contributed by atoms with Gasteiger partial charge in [-0.15, -0.1) is 0 Å². The average Bonchev–Trinajstić information content (AvgIpc) is 2.57. The first kappa shape index (κ1) is 14.4. The molecule has 1 aliphatic heterocycles. The van der Waals surface area contributed by atoms with Gasteiger partial charge in [0, 0.05) is 6.20 Å². The number of hydrogen-bond donors (Lipinski definition) is 1. The number of nitrogens with zero attached hydrogens (tertiary/aromatic N) is 1. The lowest BCUT2D eigenvalue weighted by molar-refractivity contribution is 0.559. The molecule has 4 heteroatoms. The number of nitrogens with one attached hydrogen (secondary N) is 1. The molecule has 0 aromatic carbocycles. The third kappa shape index (κ3) is 4.18. The number of hydrogen-bond acceptors (Lipinski definition) is 2. The molecule has 86 valence electrons. The molecular formula is C11H19FN2S. The lowest BCUT2D eigenvalue weighted by Gasteiger charge is -2.07. The summed E-state index contributed by atoms with van der Waals surface area (Å²) in [6.45, 7) is 2.15. The van der Waals surface area contributed by atoms with E-state index in [-0.39, 0.29) is 26.9 Å². The molecule has 0 radical (unpaired) electrons. The number of pyridine rings is 1. The van der Waals surface area contributed by atoms with E-state index < -0.39 is 0 Å². The molecule has 1 saturated heterocycles. The minimum absolute atomic E-state index is 0. The maximum atomic E-state index is 12.7. The normalized spacial score (nSPS) is 19.1. The predicted molar refractivity (Wildman–Crippen MR) is 66.0 cm³/mol. The second kappa shape index (κ2) is 6.80. The smallest absolute Gasteiger partial charge is 0.213 e. The van der Waals surface area contributed by atoms with E-state index in [1.807, 2.05) is 6.07 Å². The van der Waals surface area contributed by atoms with Gasteiger partial charge in [0.25, 0.3) is 0 Å². The fraction of sp³-hybridized carbons (Fsp3) is 0.545. The van der Waals surface area contributed by atoms with Crippen LogP contribution in [0.1, 0.15) is 19.4 Å². The lowest BCUT2D eigenvalue weighted by Crippen LogP contribution is -2.10. The summed E-state index contributed by atoms with van der Waals surface area (Å²) in [5, 5.41) is 3.30. The van der Waals surface area contributed by atoms with Crippen molar-refractivity contribution in [3.8, 4) is 0 Å². The van der Waals surface area contributed by atoms with Gasteiger partial charge in [-0.25, -0.2) is 4.98 Å². The molecule has 1 atom stereocenters. The van der Waals surface area contributed by atoms with E-state index in [4.69, 9.17) is 0 Å². The average molecular weight is 230 g/mol. The molecule has 0 saturated carbocycles. The first-order valence-corrected chi connectivity index (χ1v) is 4.66. The van der Waals surface area contributed by atoms with Crippen LogP contribution < -0.4 is 5.32 Å². The van der Waals surface area contributed by atoms with Gasteiger partial charge in [-0.3, -0.25) is 0 Å². The van der Waals surface area contributed by atoms with Crippen molar-refractivity contribution in [2.75, 3.05) is 13.1 Å². The van der Waals surface area contributed by atoms with E-state index in [9.17, 15) is 4.39 Å². The largest absolute Gasteiger partial charge is 0.316 e. The van der Waals surface area contributed by atoms with Crippen LogP contribution >= 0.6 is 13.5 Å². The SMILES string of the molecule is C.Fc1cc(CC2CCNC2)ccn1.S. The van der Waals surface area contributed by atoms with Gasteiger partial charge in [0.15, 0.2) is 0 Å². The van der Waals surface area contributed by atoms with Crippen molar-refractivity contribution in [2.45, 2.75) is 20.3 Å². The summed E-state index contributed by atoms with van der Waals surface area (Å²) >= 11 is 0. The lowest BCUT2D eigenvalue weighted by atomic mass is 10.00. The Morgan fingerprint density at radius 2 is 2.33 bits per heavy atom. The van der Waals surface area contributed by atoms with E-state index in [1.54, 1.807) is 0 Å². The molecule has 1 unspecified atom stereocenters. The van der Waals surface area contributed by atoms with E-state index >= 15 is 0 Å². The molecule has 0 aliphatic carbocycles. The summed E-state index contributed by atoms with van der Waals surface area (Å²) in [4.78, 5) is 3.53. The fourth-order valence-corrected chi connectivity index (χ4v) is 1.79. The van der Waals surface area contributed by atoms with Gasteiger partial charge in [-0.05, 0) is 49.5 Å². The zero-order valence-corrected chi connectivity index (χ0v) is 8.96. The third-order valence-corrected chi connectivity index (χ3v) is 2.48. The van der Waals surface area contributed by atoms with Crippen molar-refractivity contribution in [1.29, 1.82) is 0 Å². The molecule has 0 bridgehead atoms. The molecule has 1 aromatic heterocycles. The van der Waals surface area contributed by atoms with Gasteiger partial charge in [0.05, 0.1) is 0 Å². The summed E-state index contributed by atoms with van der Waals surface area (Å²) in [6.07, 6.45) is 3.70. The zero-order chi connectivity index (χ0) is 9.10. The Morgan fingerprint density at radius 3 is 2.93 bits per heavy atom. The maximum absolute atomic E-state index is 12.7. The number of aromatic nitrogens is 1. The molecule has 2 rings (SSSR count).